The van der Waals surface area contributed by atoms with Gasteiger partial charge in [-0.25, -0.2) is 18.5 Å². The van der Waals surface area contributed by atoms with Crippen molar-refractivity contribution in [3.63, 3.8) is 0 Å². The summed E-state index contributed by atoms with van der Waals surface area (Å²) >= 11 is 0. The average molecular weight is 364 g/mol. The van der Waals surface area contributed by atoms with E-state index in [0.717, 1.165) is 33.7 Å². The van der Waals surface area contributed by atoms with Crippen LogP contribution >= 0.6 is 0 Å². The number of aryl methyl sites for hydroxylation is 1. The van der Waals surface area contributed by atoms with Gasteiger partial charge in [0.1, 0.15) is 0 Å². The van der Waals surface area contributed by atoms with Crippen LogP contribution in [0.15, 0.2) is 72.0 Å². The van der Waals surface area contributed by atoms with E-state index in [-0.39, 0.29) is 4.90 Å². The van der Waals surface area contributed by atoms with Crippen molar-refractivity contribution >= 4 is 15.7 Å². The molecule has 4 aromatic rings. The van der Waals surface area contributed by atoms with Gasteiger partial charge >= 0.3 is 0 Å². The molecule has 2 N–H and O–H groups in total. The van der Waals surface area contributed by atoms with Gasteiger partial charge in [0, 0.05) is 23.5 Å². The van der Waals surface area contributed by atoms with Crippen molar-refractivity contribution in [3.05, 3.63) is 72.7 Å². The van der Waals surface area contributed by atoms with Gasteiger partial charge in [-0.3, -0.25) is 9.38 Å². The molecule has 130 valence electrons. The number of hydrogen-bond donors (Lipinski definition) is 1. The van der Waals surface area contributed by atoms with Gasteiger partial charge in [-0.05, 0) is 25.1 Å². The molecule has 4 rings (SSSR count). The van der Waals surface area contributed by atoms with Crippen LogP contribution in [-0.4, -0.2) is 22.8 Å². The molecule has 0 saturated heterocycles. The van der Waals surface area contributed by atoms with E-state index < -0.39 is 10.0 Å². The second kappa shape index (κ2) is 6.05. The van der Waals surface area contributed by atoms with E-state index >= 15 is 0 Å². The normalized spacial score (nSPS) is 11.8. The van der Waals surface area contributed by atoms with Crippen molar-refractivity contribution < 1.29 is 8.42 Å². The fourth-order valence-electron chi connectivity index (χ4n) is 2.98. The predicted molar refractivity (Wildman–Crippen MR) is 100.0 cm³/mol. The fraction of sp³-hybridized carbons (Fsp3) is 0.0526. The molecule has 0 aliphatic carbocycles. The molecule has 0 fully saturated rings. The molecular weight excluding hydrogens is 348 g/mol. The average Bonchev–Trinajstić information content (AvgIpc) is 3.00. The number of nitrogens with two attached hydrogens (primary N) is 1. The van der Waals surface area contributed by atoms with E-state index in [1.807, 2.05) is 35.7 Å². The molecule has 0 saturated carbocycles. The van der Waals surface area contributed by atoms with Crippen molar-refractivity contribution in [2.75, 3.05) is 0 Å². The summed E-state index contributed by atoms with van der Waals surface area (Å²) in [5.74, 6) is 0. The van der Waals surface area contributed by atoms with Crippen LogP contribution in [-0.2, 0) is 10.0 Å². The molecule has 2 aromatic carbocycles. The predicted octanol–water partition coefficient (Wildman–Crippen LogP) is 3.02. The summed E-state index contributed by atoms with van der Waals surface area (Å²) in [5, 5.41) is 5.20. The monoisotopic (exact) mass is 364 g/mol. The molecular formula is C19H16N4O2S. The Morgan fingerprint density at radius 2 is 1.81 bits per heavy atom. The zero-order valence-corrected chi connectivity index (χ0v) is 14.8. The third-order valence-corrected chi connectivity index (χ3v) is 5.11. The molecule has 26 heavy (non-hydrogen) atoms. The van der Waals surface area contributed by atoms with Crippen LogP contribution < -0.4 is 5.14 Å². The lowest BCUT2D eigenvalue weighted by Gasteiger charge is -2.07. The molecule has 0 radical (unpaired) electrons. The molecule has 7 heteroatoms. The minimum absolute atomic E-state index is 0.0776. The van der Waals surface area contributed by atoms with Gasteiger partial charge in [0.25, 0.3) is 0 Å². The molecule has 0 aliphatic rings. The van der Waals surface area contributed by atoms with Crippen LogP contribution in [0.5, 0.6) is 0 Å². The number of primary sulfonamides is 1. The summed E-state index contributed by atoms with van der Waals surface area (Å²) in [4.78, 5) is 8.95. The summed E-state index contributed by atoms with van der Waals surface area (Å²) < 4.78 is 25.0. The van der Waals surface area contributed by atoms with E-state index in [1.54, 1.807) is 24.5 Å². The maximum absolute atomic E-state index is 11.5. The Morgan fingerprint density at radius 3 is 2.50 bits per heavy atom. The summed E-state index contributed by atoms with van der Waals surface area (Å²) in [6.07, 6.45) is 5.23. The minimum Gasteiger partial charge on any atom is -0.296 e. The van der Waals surface area contributed by atoms with Gasteiger partial charge in [-0.2, -0.15) is 0 Å². The van der Waals surface area contributed by atoms with E-state index in [9.17, 15) is 8.42 Å². The standard InChI is InChI=1S/C19H16N4O2S/c1-13-3-2-4-15(11-13)18-19(23-10-9-21-12-17(23)22-18)14-5-7-16(8-6-14)26(20,24)25/h2-12H,1H3,(H2,20,24,25). The maximum Gasteiger partial charge on any atom is 0.238 e. The van der Waals surface area contributed by atoms with Crippen LogP contribution in [0.4, 0.5) is 0 Å². The number of sulfonamides is 1. The Balaban J connectivity index is 1.98. The highest BCUT2D eigenvalue weighted by molar-refractivity contribution is 7.89. The lowest BCUT2D eigenvalue weighted by molar-refractivity contribution is 0.598. The maximum atomic E-state index is 11.5. The van der Waals surface area contributed by atoms with Gasteiger partial charge in [0.15, 0.2) is 5.65 Å². The third kappa shape index (κ3) is 2.87. The Labute approximate surface area is 151 Å². The third-order valence-electron chi connectivity index (χ3n) is 4.18. The Kier molecular flexibility index (Phi) is 3.82. The highest BCUT2D eigenvalue weighted by Crippen LogP contribution is 2.33. The van der Waals surface area contributed by atoms with Crippen LogP contribution in [0.25, 0.3) is 28.2 Å². The van der Waals surface area contributed by atoms with Crippen LogP contribution in [0, 0.1) is 6.92 Å². The zero-order valence-electron chi connectivity index (χ0n) is 14.0. The quantitative estimate of drug-likeness (QED) is 0.605. The van der Waals surface area contributed by atoms with Gasteiger partial charge < -0.3 is 0 Å². The number of imidazole rings is 1. The summed E-state index contributed by atoms with van der Waals surface area (Å²) in [6.45, 7) is 2.03. The molecule has 2 heterocycles. The van der Waals surface area contributed by atoms with E-state index in [1.165, 1.54) is 12.1 Å². The van der Waals surface area contributed by atoms with Crippen molar-refractivity contribution in [1.29, 1.82) is 0 Å². The number of rotatable bonds is 3. The smallest absolute Gasteiger partial charge is 0.238 e. The molecule has 2 aromatic heterocycles. The largest absolute Gasteiger partial charge is 0.296 e. The minimum atomic E-state index is -3.73. The molecule has 0 bridgehead atoms. The molecule has 0 atom stereocenters. The first-order valence-electron chi connectivity index (χ1n) is 7.96. The summed E-state index contributed by atoms with van der Waals surface area (Å²) in [5.41, 5.74) is 5.36. The van der Waals surface area contributed by atoms with E-state index in [4.69, 9.17) is 10.1 Å². The summed E-state index contributed by atoms with van der Waals surface area (Å²) in [7, 11) is -3.73. The number of nitrogens with zero attached hydrogens (tertiary/aromatic N) is 3. The lowest BCUT2D eigenvalue weighted by atomic mass is 10.0. The van der Waals surface area contributed by atoms with Gasteiger partial charge in [0.2, 0.25) is 10.0 Å². The number of benzene rings is 2. The zero-order chi connectivity index (χ0) is 18.3. The molecule has 6 nitrogen and oxygen atoms in total. The van der Waals surface area contributed by atoms with Crippen LogP contribution in [0.1, 0.15) is 5.56 Å². The first-order valence-corrected chi connectivity index (χ1v) is 9.50. The van der Waals surface area contributed by atoms with Crippen molar-refractivity contribution in [1.82, 2.24) is 14.4 Å². The van der Waals surface area contributed by atoms with Crippen molar-refractivity contribution in [2.45, 2.75) is 11.8 Å². The SMILES string of the molecule is Cc1cccc(-c2nc3cnccn3c2-c2ccc(S(N)(=O)=O)cc2)c1. The van der Waals surface area contributed by atoms with Gasteiger partial charge in [-0.1, -0.05) is 35.9 Å². The fourth-order valence-corrected chi connectivity index (χ4v) is 3.49. The number of hydrogen-bond acceptors (Lipinski definition) is 4. The van der Waals surface area contributed by atoms with E-state index in [0.29, 0.717) is 0 Å². The Bertz CT molecular complexity index is 1210. The summed E-state index contributed by atoms with van der Waals surface area (Å²) in [6, 6.07) is 14.6. The molecule has 0 spiro atoms. The highest BCUT2D eigenvalue weighted by Gasteiger charge is 2.17. The molecule has 0 aliphatic heterocycles. The molecule has 0 amide bonds. The highest BCUT2D eigenvalue weighted by atomic mass is 32.2. The number of fused-ring (bicyclic) bond motifs is 1. The Morgan fingerprint density at radius 1 is 1.04 bits per heavy atom. The van der Waals surface area contributed by atoms with Gasteiger partial charge in [-0.15, -0.1) is 0 Å². The second-order valence-corrected chi connectivity index (χ2v) is 7.61. The van der Waals surface area contributed by atoms with Crippen molar-refractivity contribution in [2.24, 2.45) is 5.14 Å². The van der Waals surface area contributed by atoms with Crippen molar-refractivity contribution in [3.8, 4) is 22.5 Å². The Hall–Kier alpha value is -3.03. The first-order chi connectivity index (χ1) is 12.4. The van der Waals surface area contributed by atoms with E-state index in [2.05, 4.69) is 11.1 Å². The number of aromatic nitrogens is 3. The van der Waals surface area contributed by atoms with Crippen LogP contribution in [0.2, 0.25) is 0 Å². The molecule has 0 unspecified atom stereocenters. The lowest BCUT2D eigenvalue weighted by Crippen LogP contribution is -2.11. The first kappa shape index (κ1) is 16.4. The topological polar surface area (TPSA) is 90.3 Å². The van der Waals surface area contributed by atoms with Crippen LogP contribution in [0.3, 0.4) is 0 Å². The van der Waals surface area contributed by atoms with Gasteiger partial charge in [0.05, 0.1) is 22.5 Å². The second-order valence-electron chi connectivity index (χ2n) is 6.05.